The first-order valence-corrected chi connectivity index (χ1v) is 9.62. The van der Waals surface area contributed by atoms with Gasteiger partial charge in [0.1, 0.15) is 6.33 Å². The maximum absolute atomic E-state index is 11.8. The van der Waals surface area contributed by atoms with Gasteiger partial charge in [-0.1, -0.05) is 27.7 Å². The van der Waals surface area contributed by atoms with Crippen molar-refractivity contribution in [3.05, 3.63) is 44.3 Å². The summed E-state index contributed by atoms with van der Waals surface area (Å²) in [5.74, 6) is 1.28. The minimum absolute atomic E-state index is 0.0904. The first-order chi connectivity index (χ1) is 12.3. The Labute approximate surface area is 167 Å². The van der Waals surface area contributed by atoms with Gasteiger partial charge in [0.05, 0.1) is 4.92 Å². The van der Waals surface area contributed by atoms with Crippen molar-refractivity contribution in [2.45, 2.75) is 27.7 Å². The van der Waals surface area contributed by atoms with Crippen LogP contribution in [0.2, 0.25) is 0 Å². The molecule has 0 aliphatic rings. The van der Waals surface area contributed by atoms with Crippen molar-refractivity contribution in [1.29, 1.82) is 0 Å². The van der Waals surface area contributed by atoms with E-state index in [2.05, 4.69) is 65.6 Å². The lowest BCUT2D eigenvalue weighted by atomic mass is 10.1. The van der Waals surface area contributed by atoms with E-state index >= 15 is 0 Å². The Hall–Kier alpha value is -1.97. The number of hydrogen-bond acceptors (Lipinski definition) is 6. The van der Waals surface area contributed by atoms with Gasteiger partial charge in [-0.25, -0.2) is 9.97 Å². The van der Waals surface area contributed by atoms with Gasteiger partial charge in [0.25, 0.3) is 0 Å². The second-order valence-electron chi connectivity index (χ2n) is 6.98. The van der Waals surface area contributed by atoms with Crippen molar-refractivity contribution >= 4 is 45.6 Å². The third-order valence-corrected chi connectivity index (χ3v) is 4.28. The maximum Gasteiger partial charge on any atom is 0.353 e. The number of hydrogen-bond donors (Lipinski definition) is 1. The molecule has 2 aromatic rings. The molecule has 0 aliphatic heterocycles. The molecule has 0 saturated heterocycles. The molecule has 7 nitrogen and oxygen atoms in total. The average molecular weight is 469 g/mol. The Morgan fingerprint density at radius 3 is 2.19 bits per heavy atom. The highest BCUT2D eigenvalue weighted by molar-refractivity contribution is 14.1. The molecule has 0 saturated carbocycles. The number of rotatable bonds is 8. The van der Waals surface area contributed by atoms with Crippen molar-refractivity contribution in [2.75, 3.05) is 23.3 Å². The third kappa shape index (κ3) is 5.52. The van der Waals surface area contributed by atoms with E-state index in [0.717, 1.165) is 9.26 Å². The molecule has 0 amide bonds. The molecule has 26 heavy (non-hydrogen) atoms. The molecule has 0 radical (unpaired) electrons. The summed E-state index contributed by atoms with van der Waals surface area (Å²) in [4.78, 5) is 21.8. The van der Waals surface area contributed by atoms with E-state index in [1.165, 1.54) is 6.33 Å². The van der Waals surface area contributed by atoms with Crippen LogP contribution in [0.15, 0.2) is 30.6 Å². The molecular formula is C18H24IN5O2. The maximum atomic E-state index is 11.8. The summed E-state index contributed by atoms with van der Waals surface area (Å²) in [6, 6.07) is 7.60. The summed E-state index contributed by atoms with van der Waals surface area (Å²) in [7, 11) is 0. The Bertz CT molecular complexity index is 740. The fourth-order valence-electron chi connectivity index (χ4n) is 2.66. The van der Waals surface area contributed by atoms with Crippen LogP contribution in [-0.4, -0.2) is 28.0 Å². The number of benzene rings is 1. The van der Waals surface area contributed by atoms with Gasteiger partial charge in [-0.3, -0.25) is 10.1 Å². The molecule has 1 aromatic carbocycles. The monoisotopic (exact) mass is 469 g/mol. The van der Waals surface area contributed by atoms with Crippen LogP contribution in [0.5, 0.6) is 0 Å². The number of nitro groups is 1. The van der Waals surface area contributed by atoms with Gasteiger partial charge in [-0.15, -0.1) is 0 Å². The lowest BCUT2D eigenvalue weighted by Gasteiger charge is -2.27. The molecule has 2 rings (SSSR count). The second kappa shape index (κ2) is 9.11. The van der Waals surface area contributed by atoms with Crippen molar-refractivity contribution < 1.29 is 4.92 Å². The van der Waals surface area contributed by atoms with Crippen LogP contribution in [0.4, 0.5) is 23.0 Å². The fraction of sp³-hybridized carbons (Fsp3) is 0.444. The zero-order valence-corrected chi connectivity index (χ0v) is 17.6. The molecule has 140 valence electrons. The zero-order chi connectivity index (χ0) is 19.3. The van der Waals surface area contributed by atoms with E-state index in [1.54, 1.807) is 0 Å². The number of aromatic nitrogens is 2. The molecule has 0 atom stereocenters. The molecular weight excluding hydrogens is 445 g/mol. The van der Waals surface area contributed by atoms with E-state index in [1.807, 2.05) is 29.2 Å². The molecule has 0 fully saturated rings. The molecule has 0 unspecified atom stereocenters. The van der Waals surface area contributed by atoms with Gasteiger partial charge in [-0.05, 0) is 58.7 Å². The van der Waals surface area contributed by atoms with Gasteiger partial charge in [-0.2, -0.15) is 0 Å². The average Bonchev–Trinajstić information content (AvgIpc) is 2.55. The third-order valence-electron chi connectivity index (χ3n) is 3.56. The predicted octanol–water partition coefficient (Wildman–Crippen LogP) is 4.85. The Balaban J connectivity index is 2.45. The summed E-state index contributed by atoms with van der Waals surface area (Å²) < 4.78 is 1.09. The largest absolute Gasteiger partial charge is 0.353 e. The highest BCUT2D eigenvalue weighted by Gasteiger charge is 2.28. The van der Waals surface area contributed by atoms with Gasteiger partial charge >= 0.3 is 5.69 Å². The summed E-state index contributed by atoms with van der Waals surface area (Å²) in [6.45, 7) is 9.74. The van der Waals surface area contributed by atoms with Crippen LogP contribution in [-0.2, 0) is 0 Å². The zero-order valence-electron chi connectivity index (χ0n) is 15.4. The molecule has 0 aliphatic carbocycles. The van der Waals surface area contributed by atoms with Crippen LogP contribution in [0, 0.1) is 25.5 Å². The molecule has 1 N–H and O–H groups in total. The van der Waals surface area contributed by atoms with Crippen LogP contribution in [0.25, 0.3) is 0 Å². The van der Waals surface area contributed by atoms with Crippen molar-refractivity contribution in [3.63, 3.8) is 0 Å². The highest BCUT2D eigenvalue weighted by Crippen LogP contribution is 2.34. The van der Waals surface area contributed by atoms with Crippen LogP contribution in [0.1, 0.15) is 27.7 Å². The van der Waals surface area contributed by atoms with E-state index in [9.17, 15) is 10.1 Å². The first-order valence-electron chi connectivity index (χ1n) is 8.54. The van der Waals surface area contributed by atoms with E-state index in [4.69, 9.17) is 0 Å². The Morgan fingerprint density at radius 2 is 1.69 bits per heavy atom. The quantitative estimate of drug-likeness (QED) is 0.338. The predicted molar refractivity (Wildman–Crippen MR) is 113 cm³/mol. The highest BCUT2D eigenvalue weighted by atomic mass is 127. The Kier molecular flexibility index (Phi) is 7.13. The summed E-state index contributed by atoms with van der Waals surface area (Å²) in [6.07, 6.45) is 1.38. The van der Waals surface area contributed by atoms with Crippen molar-refractivity contribution in [1.82, 2.24) is 9.97 Å². The standard InChI is InChI=1S/C18H24IN5O2/c1-12(2)9-23(10-13(3)4)18-16(24(25)26)17(20-11-21-18)22-15-7-5-14(19)6-8-15/h5-8,11-13H,9-10H2,1-4H3,(H,20,21,22). The van der Waals surface area contributed by atoms with Crippen molar-refractivity contribution in [3.8, 4) is 0 Å². The van der Waals surface area contributed by atoms with Gasteiger partial charge < -0.3 is 10.2 Å². The Morgan fingerprint density at radius 1 is 1.12 bits per heavy atom. The number of anilines is 3. The lowest BCUT2D eigenvalue weighted by Crippen LogP contribution is -2.32. The molecule has 1 aromatic heterocycles. The van der Waals surface area contributed by atoms with Crippen LogP contribution in [0.3, 0.4) is 0 Å². The minimum Gasteiger partial charge on any atom is -0.350 e. The van der Waals surface area contributed by atoms with Gasteiger partial charge in [0.15, 0.2) is 0 Å². The van der Waals surface area contributed by atoms with E-state index in [-0.39, 0.29) is 11.5 Å². The normalized spacial score (nSPS) is 11.0. The molecule has 0 spiro atoms. The molecule has 8 heteroatoms. The SMILES string of the molecule is CC(C)CN(CC(C)C)c1ncnc(Nc2ccc(I)cc2)c1[N+](=O)[O-]. The van der Waals surface area contributed by atoms with Gasteiger partial charge in [0, 0.05) is 22.3 Å². The topological polar surface area (TPSA) is 84.2 Å². The minimum atomic E-state index is -0.405. The fourth-order valence-corrected chi connectivity index (χ4v) is 3.02. The summed E-state index contributed by atoms with van der Waals surface area (Å²) in [5, 5.41) is 14.9. The van der Waals surface area contributed by atoms with Crippen LogP contribution >= 0.6 is 22.6 Å². The van der Waals surface area contributed by atoms with Crippen molar-refractivity contribution in [2.24, 2.45) is 11.8 Å². The molecule has 0 bridgehead atoms. The number of nitrogens with zero attached hydrogens (tertiary/aromatic N) is 4. The summed E-state index contributed by atoms with van der Waals surface area (Å²) in [5.41, 5.74) is 0.657. The van der Waals surface area contributed by atoms with E-state index in [0.29, 0.717) is 30.7 Å². The van der Waals surface area contributed by atoms with Gasteiger partial charge in [0.2, 0.25) is 11.6 Å². The summed E-state index contributed by atoms with van der Waals surface area (Å²) >= 11 is 2.21. The van der Waals surface area contributed by atoms with Crippen LogP contribution < -0.4 is 10.2 Å². The number of nitrogens with one attached hydrogen (secondary N) is 1. The van der Waals surface area contributed by atoms with E-state index < -0.39 is 4.92 Å². The number of halogens is 1. The smallest absolute Gasteiger partial charge is 0.350 e. The second-order valence-corrected chi connectivity index (χ2v) is 8.22. The first kappa shape index (κ1) is 20.3. The molecule has 1 heterocycles. The lowest BCUT2D eigenvalue weighted by molar-refractivity contribution is -0.383.